The molecule has 0 radical (unpaired) electrons. The number of carbonyl (C=O) groups excluding carboxylic acids is 3. The number of amides is 3. The fourth-order valence-corrected chi connectivity index (χ4v) is 4.81. The van der Waals surface area contributed by atoms with E-state index in [1.165, 1.54) is 7.11 Å². The molecule has 0 atom stereocenters. The molecule has 3 amide bonds. The van der Waals surface area contributed by atoms with Crippen LogP contribution in [0.5, 0.6) is 11.5 Å². The van der Waals surface area contributed by atoms with E-state index in [1.54, 1.807) is 72.8 Å². The number of hydrogen-bond donors (Lipinski definition) is 4. The first-order valence-electron chi connectivity index (χ1n) is 13.3. The third kappa shape index (κ3) is 5.62. The van der Waals surface area contributed by atoms with E-state index in [4.69, 9.17) is 4.74 Å². The highest BCUT2D eigenvalue weighted by Crippen LogP contribution is 2.41. The Balaban J connectivity index is 1.30. The summed E-state index contributed by atoms with van der Waals surface area (Å²) >= 11 is 0. The molecule has 0 saturated heterocycles. The van der Waals surface area contributed by atoms with Crippen molar-refractivity contribution >= 4 is 56.9 Å². The van der Waals surface area contributed by atoms with Crippen LogP contribution in [0.1, 0.15) is 26.3 Å². The predicted octanol–water partition coefficient (Wildman–Crippen LogP) is 6.97. The molecule has 5 aromatic rings. The fraction of sp³-hybridized carbons (Fsp3) is 0.0606. The molecule has 0 spiro atoms. The molecule has 0 saturated carbocycles. The molecule has 0 aromatic heterocycles. The predicted molar refractivity (Wildman–Crippen MR) is 164 cm³/mol. The number of para-hydroxylation sites is 1. The van der Waals surface area contributed by atoms with Crippen LogP contribution in [0.15, 0.2) is 107 Å². The summed E-state index contributed by atoms with van der Waals surface area (Å²) in [5, 5.41) is 29.5. The summed E-state index contributed by atoms with van der Waals surface area (Å²) in [4.78, 5) is 37.8. The monoisotopic (exact) mass is 571 g/mol. The lowest BCUT2D eigenvalue weighted by Gasteiger charge is -2.12. The quantitative estimate of drug-likeness (QED) is 0.156. The molecule has 4 N–H and O–H groups in total. The van der Waals surface area contributed by atoms with Crippen LogP contribution in [-0.4, -0.2) is 29.9 Å². The van der Waals surface area contributed by atoms with Crippen molar-refractivity contribution in [2.75, 3.05) is 23.1 Å². The second kappa shape index (κ2) is 11.5. The molecule has 6 rings (SSSR count). The average molecular weight is 572 g/mol. The molecule has 0 fully saturated rings. The van der Waals surface area contributed by atoms with Gasteiger partial charge in [0.1, 0.15) is 17.1 Å². The maximum atomic E-state index is 13.3. The summed E-state index contributed by atoms with van der Waals surface area (Å²) in [6.07, 6.45) is 0.289. The molecular weight excluding hydrogens is 546 g/mol. The van der Waals surface area contributed by atoms with E-state index in [2.05, 4.69) is 26.2 Å². The Kier molecular flexibility index (Phi) is 7.23. The van der Waals surface area contributed by atoms with Gasteiger partial charge >= 0.3 is 0 Å². The second-order valence-electron chi connectivity index (χ2n) is 9.80. The van der Waals surface area contributed by atoms with Crippen LogP contribution in [0.4, 0.5) is 28.4 Å². The maximum Gasteiger partial charge on any atom is 0.259 e. The Labute approximate surface area is 246 Å². The van der Waals surface area contributed by atoms with E-state index in [0.717, 1.165) is 5.56 Å². The minimum absolute atomic E-state index is 0.00270. The number of ether oxygens (including phenoxy) is 1. The van der Waals surface area contributed by atoms with Crippen LogP contribution in [0.25, 0.3) is 10.8 Å². The van der Waals surface area contributed by atoms with Gasteiger partial charge in [0.25, 0.3) is 11.8 Å². The van der Waals surface area contributed by atoms with Crippen LogP contribution in [0.3, 0.4) is 0 Å². The number of rotatable bonds is 7. The van der Waals surface area contributed by atoms with E-state index in [9.17, 15) is 19.5 Å². The highest BCUT2D eigenvalue weighted by molar-refractivity contribution is 6.12. The van der Waals surface area contributed by atoms with Crippen LogP contribution < -0.4 is 20.7 Å². The number of nitrogens with zero attached hydrogens (tertiary/aromatic N) is 2. The number of nitrogens with one attached hydrogen (secondary N) is 3. The first-order chi connectivity index (χ1) is 20.9. The first-order valence-corrected chi connectivity index (χ1v) is 13.3. The number of aromatic hydroxyl groups is 1. The van der Waals surface area contributed by atoms with Gasteiger partial charge in [-0.25, -0.2) is 0 Å². The molecule has 0 unspecified atom stereocenters. The topological polar surface area (TPSA) is 141 Å². The molecule has 10 nitrogen and oxygen atoms in total. The van der Waals surface area contributed by atoms with Crippen molar-refractivity contribution in [2.45, 2.75) is 6.42 Å². The molecule has 212 valence electrons. The van der Waals surface area contributed by atoms with Gasteiger partial charge in [-0.3, -0.25) is 14.4 Å². The van der Waals surface area contributed by atoms with Crippen molar-refractivity contribution < 1.29 is 24.2 Å². The van der Waals surface area contributed by atoms with Crippen molar-refractivity contribution in [3.05, 3.63) is 114 Å². The molecule has 1 heterocycles. The average Bonchev–Trinajstić information content (AvgIpc) is 3.40. The van der Waals surface area contributed by atoms with E-state index in [0.29, 0.717) is 44.8 Å². The van der Waals surface area contributed by atoms with Crippen LogP contribution in [0.2, 0.25) is 0 Å². The second-order valence-corrected chi connectivity index (χ2v) is 9.80. The summed E-state index contributed by atoms with van der Waals surface area (Å²) < 4.78 is 5.47. The first kappa shape index (κ1) is 27.2. The fourth-order valence-electron chi connectivity index (χ4n) is 4.81. The molecular formula is C33H25N5O5. The number of methoxy groups -OCH3 is 1. The highest BCUT2D eigenvalue weighted by atomic mass is 16.5. The summed E-state index contributed by atoms with van der Waals surface area (Å²) in [7, 11) is 1.45. The van der Waals surface area contributed by atoms with E-state index in [1.807, 2.05) is 24.3 Å². The molecule has 43 heavy (non-hydrogen) atoms. The van der Waals surface area contributed by atoms with Gasteiger partial charge in [0, 0.05) is 28.0 Å². The lowest BCUT2D eigenvalue weighted by atomic mass is 10.0. The summed E-state index contributed by atoms with van der Waals surface area (Å²) in [6.45, 7) is 0. The molecule has 5 aromatic carbocycles. The number of phenolic OH excluding ortho intramolecular Hbond substituents is 1. The summed E-state index contributed by atoms with van der Waals surface area (Å²) in [6, 6.07) is 27.7. The third-order valence-electron chi connectivity index (χ3n) is 6.96. The Bertz CT molecular complexity index is 1940. The molecule has 0 aliphatic carbocycles. The number of carbonyl (C=O) groups is 3. The van der Waals surface area contributed by atoms with E-state index >= 15 is 0 Å². The molecule has 0 bridgehead atoms. The van der Waals surface area contributed by atoms with Crippen LogP contribution in [-0.2, 0) is 11.2 Å². The van der Waals surface area contributed by atoms with E-state index in [-0.39, 0.29) is 35.2 Å². The zero-order valence-corrected chi connectivity index (χ0v) is 22.9. The molecule has 10 heteroatoms. The van der Waals surface area contributed by atoms with Crippen molar-refractivity contribution in [1.82, 2.24) is 0 Å². The maximum absolute atomic E-state index is 13.3. The number of benzene rings is 5. The summed E-state index contributed by atoms with van der Waals surface area (Å²) in [5.41, 5.74) is 3.37. The SMILES string of the molecule is COc1cc(C(=O)Nc2ccccc2)ccc1N=Nc1c(O)c(C(=O)Nc2ccc3c(c2)NC(=O)C3)cc2ccccc12. The zero-order chi connectivity index (χ0) is 29.9. The van der Waals surface area contributed by atoms with Gasteiger partial charge < -0.3 is 25.8 Å². The number of phenols is 1. The van der Waals surface area contributed by atoms with Gasteiger partial charge in [-0.1, -0.05) is 48.5 Å². The van der Waals surface area contributed by atoms with Crippen LogP contribution >= 0.6 is 0 Å². The van der Waals surface area contributed by atoms with Gasteiger partial charge in [0.2, 0.25) is 5.91 Å². The lowest BCUT2D eigenvalue weighted by molar-refractivity contribution is -0.115. The largest absolute Gasteiger partial charge is 0.505 e. The minimum atomic E-state index is -0.560. The lowest BCUT2D eigenvalue weighted by Crippen LogP contribution is -2.12. The van der Waals surface area contributed by atoms with E-state index < -0.39 is 5.91 Å². The normalized spacial score (nSPS) is 12.2. The number of azo groups is 1. The molecule has 1 aliphatic rings. The molecule has 1 aliphatic heterocycles. The Morgan fingerprint density at radius 1 is 0.837 bits per heavy atom. The minimum Gasteiger partial charge on any atom is -0.505 e. The van der Waals surface area contributed by atoms with Crippen LogP contribution in [0, 0.1) is 0 Å². The van der Waals surface area contributed by atoms with Crippen molar-refractivity contribution in [2.24, 2.45) is 10.2 Å². The van der Waals surface area contributed by atoms with Gasteiger partial charge in [-0.15, -0.1) is 10.2 Å². The highest BCUT2D eigenvalue weighted by Gasteiger charge is 2.21. The Morgan fingerprint density at radius 3 is 2.42 bits per heavy atom. The third-order valence-corrected chi connectivity index (χ3v) is 6.96. The van der Waals surface area contributed by atoms with Gasteiger partial charge in [0.05, 0.1) is 19.1 Å². The van der Waals surface area contributed by atoms with Crippen molar-refractivity contribution in [3.63, 3.8) is 0 Å². The zero-order valence-electron chi connectivity index (χ0n) is 22.9. The van der Waals surface area contributed by atoms with Gasteiger partial charge in [-0.2, -0.15) is 0 Å². The van der Waals surface area contributed by atoms with Gasteiger partial charge in [0.15, 0.2) is 5.75 Å². The number of anilines is 3. The van der Waals surface area contributed by atoms with Crippen molar-refractivity contribution in [1.29, 1.82) is 0 Å². The van der Waals surface area contributed by atoms with Gasteiger partial charge in [-0.05, 0) is 59.5 Å². The smallest absolute Gasteiger partial charge is 0.259 e. The van der Waals surface area contributed by atoms with Crippen molar-refractivity contribution in [3.8, 4) is 11.5 Å². The Hall–Kier alpha value is -6.03. The number of fused-ring (bicyclic) bond motifs is 2. The number of hydrogen-bond acceptors (Lipinski definition) is 7. The summed E-state index contributed by atoms with van der Waals surface area (Å²) in [5.74, 6) is -1.04. The Morgan fingerprint density at radius 2 is 1.60 bits per heavy atom. The standard InChI is InChI=1S/C33H25N5O5/c1-43-28-16-21(32(41)34-22-8-3-2-4-9-22)12-14-26(28)37-38-30-24-10-6-5-7-19(24)15-25(31(30)40)33(42)35-23-13-11-20-17-29(39)36-27(20)18-23/h2-16,18,40H,17H2,1H3,(H,34,41)(H,35,42)(H,36,39).